The Kier molecular flexibility index (Phi) is 1.32. The van der Waals surface area contributed by atoms with E-state index in [2.05, 4.69) is 39.5 Å². The van der Waals surface area contributed by atoms with Gasteiger partial charge in [0.05, 0.1) is 12.0 Å². The minimum atomic E-state index is 0.820. The second-order valence-corrected chi connectivity index (χ2v) is 2.24. The van der Waals surface area contributed by atoms with Crippen LogP contribution in [0.5, 0.6) is 0 Å². The van der Waals surface area contributed by atoms with Crippen molar-refractivity contribution in [3.05, 3.63) is 22.6 Å². The average molecular weight is 207 g/mol. The Morgan fingerprint density at radius 3 is 2.71 bits per heavy atom. The van der Waals surface area contributed by atoms with Crippen LogP contribution < -0.4 is 0 Å². The number of nitrogens with one attached hydrogen (secondary N) is 1. The molecule has 1 aromatic heterocycles. The number of nitrogens with zero attached hydrogens (tertiary/aromatic N) is 1. The third-order valence-corrected chi connectivity index (χ3v) is 1.60. The molecule has 0 aliphatic rings. The summed E-state index contributed by atoms with van der Waals surface area (Å²) >= 11 is 2.14. The molecule has 2 nitrogen and oxygen atoms in total. The standard InChI is InChI=1S/C4H4IN2/c1-3-4(5)7-2-6-3/h2H,1H2,(H,6,7). The Balaban J connectivity index is 3.12. The Morgan fingerprint density at radius 1 is 1.86 bits per heavy atom. The number of halogens is 1. The van der Waals surface area contributed by atoms with E-state index < -0.39 is 0 Å². The first kappa shape index (κ1) is 5.08. The lowest BCUT2D eigenvalue weighted by molar-refractivity contribution is 1.29. The van der Waals surface area contributed by atoms with Crippen molar-refractivity contribution in [3.63, 3.8) is 0 Å². The van der Waals surface area contributed by atoms with Crippen molar-refractivity contribution in [2.75, 3.05) is 0 Å². The third kappa shape index (κ3) is 0.933. The summed E-state index contributed by atoms with van der Waals surface area (Å²) in [6, 6.07) is 0. The van der Waals surface area contributed by atoms with Crippen LogP contribution in [0.25, 0.3) is 0 Å². The van der Waals surface area contributed by atoms with E-state index >= 15 is 0 Å². The minimum Gasteiger partial charge on any atom is -0.340 e. The highest BCUT2D eigenvalue weighted by Crippen LogP contribution is 2.01. The van der Waals surface area contributed by atoms with Crippen LogP contribution in [0.15, 0.2) is 6.33 Å². The Bertz CT molecular complexity index is 142. The van der Waals surface area contributed by atoms with Gasteiger partial charge in [0.2, 0.25) is 0 Å². The molecule has 0 aromatic carbocycles. The highest BCUT2D eigenvalue weighted by atomic mass is 127. The summed E-state index contributed by atoms with van der Waals surface area (Å²) in [5.41, 5.74) is 0.820. The SMILES string of the molecule is [CH2]c1nc[nH]c1I. The van der Waals surface area contributed by atoms with E-state index in [0.717, 1.165) is 9.39 Å². The highest BCUT2D eigenvalue weighted by Gasteiger charge is 1.89. The molecule has 0 fully saturated rings. The fourth-order valence-electron chi connectivity index (χ4n) is 0.307. The molecule has 37 valence electrons. The molecule has 1 aromatic rings. The van der Waals surface area contributed by atoms with Gasteiger partial charge in [0, 0.05) is 0 Å². The van der Waals surface area contributed by atoms with E-state index in [1.807, 2.05) is 0 Å². The molecule has 1 heterocycles. The van der Waals surface area contributed by atoms with Crippen molar-refractivity contribution < 1.29 is 0 Å². The van der Waals surface area contributed by atoms with Gasteiger partial charge in [-0.2, -0.15) is 0 Å². The molecule has 0 saturated carbocycles. The molecule has 0 atom stereocenters. The predicted octanol–water partition coefficient (Wildman–Crippen LogP) is 1.20. The van der Waals surface area contributed by atoms with Crippen LogP contribution in [-0.2, 0) is 0 Å². The molecule has 1 rings (SSSR count). The number of rotatable bonds is 0. The number of aromatic amines is 1. The van der Waals surface area contributed by atoms with Crippen LogP contribution in [0.2, 0.25) is 0 Å². The van der Waals surface area contributed by atoms with Gasteiger partial charge in [-0.1, -0.05) is 0 Å². The first-order valence-electron chi connectivity index (χ1n) is 1.81. The zero-order valence-electron chi connectivity index (χ0n) is 3.61. The third-order valence-electron chi connectivity index (χ3n) is 0.665. The van der Waals surface area contributed by atoms with E-state index in [1.165, 1.54) is 0 Å². The molecular formula is C4H4IN2. The highest BCUT2D eigenvalue weighted by molar-refractivity contribution is 14.1. The maximum absolute atomic E-state index is 3.84. The monoisotopic (exact) mass is 207 g/mol. The zero-order chi connectivity index (χ0) is 5.28. The van der Waals surface area contributed by atoms with Crippen LogP contribution >= 0.6 is 22.6 Å². The van der Waals surface area contributed by atoms with E-state index in [4.69, 9.17) is 0 Å². The normalized spacial score (nSPS) is 9.43. The molecule has 0 aliphatic carbocycles. The molecule has 3 heteroatoms. The number of hydrogen-bond acceptors (Lipinski definition) is 1. The van der Waals surface area contributed by atoms with E-state index in [1.54, 1.807) is 6.33 Å². The van der Waals surface area contributed by atoms with Gasteiger partial charge in [-0.3, -0.25) is 0 Å². The summed E-state index contributed by atoms with van der Waals surface area (Å²) in [7, 11) is 0. The Labute approximate surface area is 55.5 Å². The van der Waals surface area contributed by atoms with Gasteiger partial charge < -0.3 is 4.98 Å². The Hall–Kier alpha value is -0.0600. The van der Waals surface area contributed by atoms with Crippen LogP contribution in [0.3, 0.4) is 0 Å². The maximum Gasteiger partial charge on any atom is 0.100 e. The van der Waals surface area contributed by atoms with Gasteiger partial charge in [-0.25, -0.2) is 4.98 Å². The van der Waals surface area contributed by atoms with Crippen LogP contribution in [0, 0.1) is 10.6 Å². The largest absolute Gasteiger partial charge is 0.340 e. The van der Waals surface area contributed by atoms with E-state index in [9.17, 15) is 0 Å². The van der Waals surface area contributed by atoms with Crippen molar-refractivity contribution in [2.24, 2.45) is 0 Å². The first-order chi connectivity index (χ1) is 3.30. The molecule has 1 radical (unpaired) electrons. The molecule has 0 spiro atoms. The van der Waals surface area contributed by atoms with Gasteiger partial charge in [0.25, 0.3) is 0 Å². The number of hydrogen-bond donors (Lipinski definition) is 1. The first-order valence-corrected chi connectivity index (χ1v) is 2.89. The minimum absolute atomic E-state index is 0.820. The zero-order valence-corrected chi connectivity index (χ0v) is 5.77. The molecule has 0 unspecified atom stereocenters. The van der Waals surface area contributed by atoms with Crippen molar-refractivity contribution in [1.82, 2.24) is 9.97 Å². The number of imidazole rings is 1. The smallest absolute Gasteiger partial charge is 0.100 e. The second kappa shape index (κ2) is 1.81. The molecule has 0 amide bonds. The summed E-state index contributed by atoms with van der Waals surface area (Å²) < 4.78 is 1.01. The lowest BCUT2D eigenvalue weighted by Crippen LogP contribution is -1.70. The number of H-pyrrole nitrogens is 1. The summed E-state index contributed by atoms with van der Waals surface area (Å²) in [6.07, 6.45) is 1.63. The van der Waals surface area contributed by atoms with Crippen LogP contribution in [-0.4, -0.2) is 9.97 Å². The van der Waals surface area contributed by atoms with Crippen LogP contribution in [0.1, 0.15) is 5.69 Å². The quantitative estimate of drug-likeness (QED) is 0.636. The van der Waals surface area contributed by atoms with Crippen molar-refractivity contribution in [3.8, 4) is 0 Å². The van der Waals surface area contributed by atoms with Crippen molar-refractivity contribution >= 4 is 22.6 Å². The lowest BCUT2D eigenvalue weighted by Gasteiger charge is -1.76. The summed E-state index contributed by atoms with van der Waals surface area (Å²) in [6.45, 7) is 3.63. The van der Waals surface area contributed by atoms with Crippen molar-refractivity contribution in [2.45, 2.75) is 0 Å². The fraction of sp³-hybridized carbons (Fsp3) is 0. The van der Waals surface area contributed by atoms with Gasteiger partial charge in [-0.05, 0) is 29.5 Å². The van der Waals surface area contributed by atoms with E-state index in [-0.39, 0.29) is 0 Å². The van der Waals surface area contributed by atoms with Gasteiger partial charge >= 0.3 is 0 Å². The Morgan fingerprint density at radius 2 is 2.57 bits per heavy atom. The summed E-state index contributed by atoms with van der Waals surface area (Å²) in [5.74, 6) is 0. The molecule has 0 saturated heterocycles. The molecule has 1 N–H and O–H groups in total. The average Bonchev–Trinajstić information content (AvgIpc) is 1.91. The van der Waals surface area contributed by atoms with Gasteiger partial charge in [-0.15, -0.1) is 0 Å². The maximum atomic E-state index is 3.84. The molecule has 7 heavy (non-hydrogen) atoms. The number of aromatic nitrogens is 2. The molecule has 0 bridgehead atoms. The lowest BCUT2D eigenvalue weighted by atomic mass is 10.6. The topological polar surface area (TPSA) is 28.7 Å². The van der Waals surface area contributed by atoms with Crippen LogP contribution in [0.4, 0.5) is 0 Å². The summed E-state index contributed by atoms with van der Waals surface area (Å²) in [5, 5.41) is 0. The summed E-state index contributed by atoms with van der Waals surface area (Å²) in [4.78, 5) is 6.72. The fourth-order valence-corrected chi connectivity index (χ4v) is 0.585. The van der Waals surface area contributed by atoms with E-state index in [0.29, 0.717) is 0 Å². The van der Waals surface area contributed by atoms with Gasteiger partial charge in [0.15, 0.2) is 0 Å². The van der Waals surface area contributed by atoms with Gasteiger partial charge in [0.1, 0.15) is 3.70 Å². The predicted molar refractivity (Wildman–Crippen MR) is 35.8 cm³/mol. The molecular weight excluding hydrogens is 203 g/mol. The molecule has 0 aliphatic heterocycles. The van der Waals surface area contributed by atoms with Crippen molar-refractivity contribution in [1.29, 1.82) is 0 Å². The second-order valence-electron chi connectivity index (χ2n) is 1.16.